The van der Waals surface area contributed by atoms with Crippen molar-refractivity contribution in [1.29, 1.82) is 0 Å². The molecule has 12 heteroatoms. The molecule has 1 N–H and O–H groups in total. The van der Waals surface area contributed by atoms with E-state index in [9.17, 15) is 31.2 Å². The largest absolute Gasteiger partial charge is 0.416 e. The number of nitrogens with zero attached hydrogens (tertiary/aromatic N) is 2. The molecule has 35 heavy (non-hydrogen) atoms. The summed E-state index contributed by atoms with van der Waals surface area (Å²) in [5.74, 6) is -0.789. The Balaban J connectivity index is 2.18. The number of likely N-dealkylation sites (N-methyl/N-ethyl adjacent to an activating group) is 1. The van der Waals surface area contributed by atoms with Crippen LogP contribution in [-0.2, 0) is 32.3 Å². The Morgan fingerprint density at radius 1 is 1.11 bits per heavy atom. The highest BCUT2D eigenvalue weighted by Crippen LogP contribution is 2.32. The van der Waals surface area contributed by atoms with Crippen molar-refractivity contribution in [2.75, 3.05) is 24.2 Å². The summed E-state index contributed by atoms with van der Waals surface area (Å²) >= 11 is 5.91. The first kappa shape index (κ1) is 28.4. The zero-order valence-electron chi connectivity index (χ0n) is 19.5. The smallest absolute Gasteiger partial charge is 0.357 e. The Morgan fingerprint density at radius 3 is 2.29 bits per heavy atom. The fourth-order valence-corrected chi connectivity index (χ4v) is 4.50. The van der Waals surface area contributed by atoms with Crippen molar-refractivity contribution in [3.63, 3.8) is 0 Å². The van der Waals surface area contributed by atoms with Gasteiger partial charge in [-0.1, -0.05) is 29.8 Å². The Morgan fingerprint density at radius 2 is 1.74 bits per heavy atom. The molecule has 0 heterocycles. The summed E-state index contributed by atoms with van der Waals surface area (Å²) < 4.78 is 64.7. The molecule has 0 spiro atoms. The Bertz CT molecular complexity index is 1140. The van der Waals surface area contributed by atoms with Gasteiger partial charge in [-0.3, -0.25) is 13.9 Å². The van der Waals surface area contributed by atoms with E-state index in [0.29, 0.717) is 5.02 Å². The first-order valence-corrected chi connectivity index (χ1v) is 12.9. The standard InChI is InChI=1S/C23H27ClF3N3O4S/c1-16(22(32)28-2)29(15-17-9-11-19(24)12-10-17)21(31)8-5-13-30(35(3,33)34)20-7-4-6-18(14-20)23(25,26)27/h4,6-7,9-12,14,16H,5,8,13,15H2,1-3H3,(H,28,32)/t16-/m1/s1. The van der Waals surface area contributed by atoms with Crippen LogP contribution in [0.15, 0.2) is 48.5 Å². The van der Waals surface area contributed by atoms with Crippen molar-refractivity contribution in [2.45, 2.75) is 38.5 Å². The summed E-state index contributed by atoms with van der Waals surface area (Å²) in [6.07, 6.45) is -3.84. The van der Waals surface area contributed by atoms with Crippen molar-refractivity contribution < 1.29 is 31.2 Å². The number of anilines is 1. The van der Waals surface area contributed by atoms with Crippen LogP contribution in [0.3, 0.4) is 0 Å². The third-order valence-electron chi connectivity index (χ3n) is 5.29. The summed E-state index contributed by atoms with van der Waals surface area (Å²) in [5.41, 5.74) is -0.389. The van der Waals surface area contributed by atoms with E-state index >= 15 is 0 Å². The summed E-state index contributed by atoms with van der Waals surface area (Å²) in [5, 5.41) is 3.01. The molecule has 0 aliphatic carbocycles. The zero-order chi connectivity index (χ0) is 26.4. The number of hydrogen-bond acceptors (Lipinski definition) is 4. The maximum Gasteiger partial charge on any atom is 0.416 e. The molecule has 1 atom stereocenters. The van der Waals surface area contributed by atoms with E-state index in [1.807, 2.05) is 0 Å². The average Bonchev–Trinajstić information content (AvgIpc) is 2.79. The molecule has 192 valence electrons. The van der Waals surface area contributed by atoms with Gasteiger partial charge < -0.3 is 10.2 Å². The lowest BCUT2D eigenvalue weighted by atomic mass is 10.1. The topological polar surface area (TPSA) is 86.8 Å². The fraction of sp³-hybridized carbons (Fsp3) is 0.391. The molecule has 2 aromatic carbocycles. The van der Waals surface area contributed by atoms with Crippen LogP contribution in [0.1, 0.15) is 30.9 Å². The second kappa shape index (κ2) is 11.8. The second-order valence-corrected chi connectivity index (χ2v) is 10.3. The van der Waals surface area contributed by atoms with Gasteiger partial charge in [-0.15, -0.1) is 0 Å². The molecule has 0 aliphatic heterocycles. The summed E-state index contributed by atoms with van der Waals surface area (Å²) in [6, 6.07) is 9.94. The zero-order valence-corrected chi connectivity index (χ0v) is 21.0. The van der Waals surface area contributed by atoms with Gasteiger partial charge in [-0.2, -0.15) is 13.2 Å². The molecule has 2 amide bonds. The van der Waals surface area contributed by atoms with Crippen LogP contribution in [-0.4, -0.2) is 51.0 Å². The van der Waals surface area contributed by atoms with Gasteiger partial charge in [-0.25, -0.2) is 8.42 Å². The molecule has 2 rings (SSSR count). The van der Waals surface area contributed by atoms with Gasteiger partial charge in [0.15, 0.2) is 0 Å². The van der Waals surface area contributed by atoms with Gasteiger partial charge >= 0.3 is 6.18 Å². The number of rotatable bonds is 10. The van der Waals surface area contributed by atoms with Crippen molar-refractivity contribution in [3.05, 3.63) is 64.7 Å². The van der Waals surface area contributed by atoms with Gasteiger partial charge in [0.25, 0.3) is 0 Å². The van der Waals surface area contributed by atoms with Crippen molar-refractivity contribution in [3.8, 4) is 0 Å². The van der Waals surface area contributed by atoms with E-state index in [-0.39, 0.29) is 37.5 Å². The van der Waals surface area contributed by atoms with Crippen LogP contribution < -0.4 is 9.62 Å². The molecule has 7 nitrogen and oxygen atoms in total. The lowest BCUT2D eigenvalue weighted by Crippen LogP contribution is -2.46. The maximum absolute atomic E-state index is 13.1. The number of carbonyl (C=O) groups excluding carboxylic acids is 2. The van der Waals surface area contributed by atoms with Crippen molar-refractivity contribution in [1.82, 2.24) is 10.2 Å². The molecule has 0 saturated heterocycles. The molecule has 0 bridgehead atoms. The summed E-state index contributed by atoms with van der Waals surface area (Å²) in [7, 11) is -2.47. The average molecular weight is 534 g/mol. The van der Waals surface area contributed by atoms with Gasteiger partial charge in [-0.05, 0) is 49.2 Å². The fourth-order valence-electron chi connectivity index (χ4n) is 3.42. The van der Waals surface area contributed by atoms with Gasteiger partial charge in [0.1, 0.15) is 6.04 Å². The molecule has 2 aromatic rings. The molecule has 0 aliphatic rings. The predicted molar refractivity (Wildman–Crippen MR) is 128 cm³/mol. The minimum absolute atomic E-state index is 0.0275. The lowest BCUT2D eigenvalue weighted by molar-refractivity contribution is -0.140. The molecule has 0 radical (unpaired) electrons. The number of hydrogen-bond donors (Lipinski definition) is 1. The van der Waals surface area contributed by atoms with Gasteiger partial charge in [0, 0.05) is 31.6 Å². The molecule has 0 fully saturated rings. The number of amides is 2. The van der Waals surface area contributed by atoms with Gasteiger partial charge in [0.05, 0.1) is 17.5 Å². The minimum Gasteiger partial charge on any atom is -0.357 e. The number of sulfonamides is 1. The quantitative estimate of drug-likeness (QED) is 0.499. The molecule has 0 aromatic heterocycles. The minimum atomic E-state index is -4.63. The van der Waals surface area contributed by atoms with Crippen molar-refractivity contribution in [2.24, 2.45) is 0 Å². The number of carbonyl (C=O) groups is 2. The van der Waals surface area contributed by atoms with Crippen LogP contribution in [0.2, 0.25) is 5.02 Å². The lowest BCUT2D eigenvalue weighted by Gasteiger charge is -2.29. The van der Waals surface area contributed by atoms with Crippen LogP contribution >= 0.6 is 11.6 Å². The Hall–Kier alpha value is -2.79. The van der Waals surface area contributed by atoms with E-state index in [0.717, 1.165) is 34.3 Å². The number of alkyl halides is 3. The molecular weight excluding hydrogens is 507 g/mol. The Labute approximate surface area is 207 Å². The first-order valence-electron chi connectivity index (χ1n) is 10.6. The van der Waals surface area contributed by atoms with Crippen LogP contribution in [0.25, 0.3) is 0 Å². The third-order valence-corrected chi connectivity index (χ3v) is 6.74. The monoisotopic (exact) mass is 533 g/mol. The van der Waals surface area contributed by atoms with Crippen molar-refractivity contribution >= 4 is 39.1 Å². The number of nitrogens with one attached hydrogen (secondary N) is 1. The van der Waals surface area contributed by atoms with Crippen LogP contribution in [0, 0.1) is 0 Å². The van der Waals surface area contributed by atoms with E-state index in [2.05, 4.69) is 5.32 Å². The van der Waals surface area contributed by atoms with E-state index in [1.54, 1.807) is 31.2 Å². The van der Waals surface area contributed by atoms with E-state index in [1.165, 1.54) is 18.0 Å². The normalized spacial score (nSPS) is 12.7. The maximum atomic E-state index is 13.1. The second-order valence-electron chi connectivity index (χ2n) is 7.93. The highest BCUT2D eigenvalue weighted by molar-refractivity contribution is 7.92. The molecule has 0 unspecified atom stereocenters. The Kier molecular flexibility index (Phi) is 9.56. The highest BCUT2D eigenvalue weighted by Gasteiger charge is 2.32. The number of benzene rings is 2. The molecule has 0 saturated carbocycles. The van der Waals surface area contributed by atoms with E-state index < -0.39 is 33.7 Å². The summed E-state index contributed by atoms with van der Waals surface area (Å²) in [6.45, 7) is 1.47. The highest BCUT2D eigenvalue weighted by atomic mass is 35.5. The predicted octanol–water partition coefficient (Wildman–Crippen LogP) is 4.07. The van der Waals surface area contributed by atoms with Crippen LogP contribution in [0.4, 0.5) is 18.9 Å². The first-order chi connectivity index (χ1) is 16.2. The molecular formula is C23H27ClF3N3O4S. The SMILES string of the molecule is CNC(=O)[C@@H](C)N(Cc1ccc(Cl)cc1)C(=O)CCCN(c1cccc(C(F)(F)F)c1)S(C)(=O)=O. The van der Waals surface area contributed by atoms with E-state index in [4.69, 9.17) is 11.6 Å². The third kappa shape index (κ3) is 8.14. The van der Waals surface area contributed by atoms with Gasteiger partial charge in [0.2, 0.25) is 21.8 Å². The van der Waals surface area contributed by atoms with Crippen LogP contribution in [0.5, 0.6) is 0 Å². The summed E-state index contributed by atoms with van der Waals surface area (Å²) in [4.78, 5) is 26.6. The number of halogens is 4.